The molecule has 0 spiro atoms. The molecule has 0 saturated carbocycles. The first-order valence-corrected chi connectivity index (χ1v) is 5.07. The van der Waals surface area contributed by atoms with Crippen LogP contribution in [0, 0.1) is 0 Å². The number of guanidine groups is 1. The van der Waals surface area contributed by atoms with Crippen LogP contribution >= 0.6 is 0 Å². The Hall–Kier alpha value is -1.72. The molecule has 1 rings (SSSR count). The van der Waals surface area contributed by atoms with Crippen LogP contribution < -0.4 is 0 Å². The van der Waals surface area contributed by atoms with E-state index in [2.05, 4.69) is 15.0 Å². The highest BCUT2D eigenvalue weighted by Gasteiger charge is 2.19. The van der Waals surface area contributed by atoms with Crippen LogP contribution in [0.25, 0.3) is 0 Å². The summed E-state index contributed by atoms with van der Waals surface area (Å²) in [6.45, 7) is 2.62. The van der Waals surface area contributed by atoms with E-state index in [1.54, 1.807) is 21.1 Å². The van der Waals surface area contributed by atoms with E-state index in [1.807, 2.05) is 6.92 Å². The molecule has 0 saturated heterocycles. The summed E-state index contributed by atoms with van der Waals surface area (Å²) >= 11 is 0. The number of aliphatic imine (C=N–C) groups is 3. The van der Waals surface area contributed by atoms with E-state index < -0.39 is 0 Å². The Morgan fingerprint density at radius 1 is 1.50 bits per heavy atom. The number of urea groups is 1. The Balaban J connectivity index is 2.74. The summed E-state index contributed by atoms with van der Waals surface area (Å²) in [6.07, 6.45) is 2.32. The van der Waals surface area contributed by atoms with Crippen LogP contribution in [0.1, 0.15) is 13.3 Å². The molecule has 0 aromatic rings. The molecular formula is C10H17N5O. The van der Waals surface area contributed by atoms with Gasteiger partial charge in [0.1, 0.15) is 0 Å². The molecule has 6 nitrogen and oxygen atoms in total. The Bertz CT molecular complexity index is 358. The van der Waals surface area contributed by atoms with Gasteiger partial charge in [-0.25, -0.2) is 9.79 Å². The maximum atomic E-state index is 11.8. The highest BCUT2D eigenvalue weighted by Crippen LogP contribution is 2.03. The van der Waals surface area contributed by atoms with Crippen LogP contribution in [0.4, 0.5) is 4.79 Å². The zero-order valence-corrected chi connectivity index (χ0v) is 10.1. The molecule has 0 bridgehead atoms. The first-order valence-electron chi connectivity index (χ1n) is 5.07. The first kappa shape index (κ1) is 12.4. The molecule has 0 unspecified atom stereocenters. The highest BCUT2D eigenvalue weighted by atomic mass is 16.2. The van der Waals surface area contributed by atoms with Gasteiger partial charge in [-0.3, -0.25) is 19.8 Å². The van der Waals surface area contributed by atoms with Gasteiger partial charge < -0.3 is 0 Å². The zero-order chi connectivity index (χ0) is 12.1. The molecule has 1 aliphatic rings. The van der Waals surface area contributed by atoms with Crippen molar-refractivity contribution in [3.05, 3.63) is 0 Å². The van der Waals surface area contributed by atoms with Crippen molar-refractivity contribution >= 4 is 24.0 Å². The number of hydrogen-bond acceptors (Lipinski definition) is 4. The summed E-state index contributed by atoms with van der Waals surface area (Å²) in [5, 5.41) is 0. The Morgan fingerprint density at radius 3 is 2.75 bits per heavy atom. The monoisotopic (exact) mass is 223 g/mol. The normalized spacial score (nSPS) is 15.8. The molecule has 88 valence electrons. The minimum absolute atomic E-state index is 0.206. The van der Waals surface area contributed by atoms with Crippen LogP contribution in [-0.4, -0.2) is 61.5 Å². The van der Waals surface area contributed by atoms with E-state index in [-0.39, 0.29) is 6.03 Å². The molecule has 2 amide bonds. The van der Waals surface area contributed by atoms with Crippen LogP contribution in [-0.2, 0) is 0 Å². The number of carbonyl (C=O) groups excluding carboxylic acids is 1. The summed E-state index contributed by atoms with van der Waals surface area (Å²) < 4.78 is 0. The van der Waals surface area contributed by atoms with Crippen molar-refractivity contribution in [1.82, 2.24) is 9.80 Å². The molecule has 0 fully saturated rings. The minimum atomic E-state index is -0.206. The van der Waals surface area contributed by atoms with Crippen molar-refractivity contribution in [2.45, 2.75) is 13.3 Å². The molecule has 1 aliphatic heterocycles. The zero-order valence-electron chi connectivity index (χ0n) is 10.1. The van der Waals surface area contributed by atoms with Crippen molar-refractivity contribution < 1.29 is 4.79 Å². The lowest BCUT2D eigenvalue weighted by molar-refractivity contribution is 0.211. The van der Waals surface area contributed by atoms with E-state index in [9.17, 15) is 4.79 Å². The van der Waals surface area contributed by atoms with Crippen molar-refractivity contribution in [2.75, 3.05) is 27.7 Å². The number of nitrogens with zero attached hydrogens (tertiary/aromatic N) is 5. The largest absolute Gasteiger partial charge is 0.331 e. The second-order valence-corrected chi connectivity index (χ2v) is 3.60. The molecule has 0 aliphatic carbocycles. The van der Waals surface area contributed by atoms with E-state index in [1.165, 1.54) is 16.1 Å². The SMILES string of the molecule is CN=CN(C)C(=O)N(C)C1=NCCC(C)=N1. The fourth-order valence-electron chi connectivity index (χ4n) is 1.31. The van der Waals surface area contributed by atoms with Gasteiger partial charge in [0.2, 0.25) is 5.96 Å². The number of rotatable bonds is 1. The van der Waals surface area contributed by atoms with Crippen LogP contribution in [0.3, 0.4) is 0 Å². The second-order valence-electron chi connectivity index (χ2n) is 3.60. The highest BCUT2D eigenvalue weighted by molar-refractivity contribution is 6.05. The van der Waals surface area contributed by atoms with Crippen molar-refractivity contribution in [1.29, 1.82) is 0 Å². The predicted molar refractivity (Wildman–Crippen MR) is 65.4 cm³/mol. The third kappa shape index (κ3) is 2.88. The van der Waals surface area contributed by atoms with Crippen LogP contribution in [0.5, 0.6) is 0 Å². The average molecular weight is 223 g/mol. The van der Waals surface area contributed by atoms with Crippen LogP contribution in [0.15, 0.2) is 15.0 Å². The quantitative estimate of drug-likeness (QED) is 0.480. The topological polar surface area (TPSA) is 60.6 Å². The molecular weight excluding hydrogens is 206 g/mol. The van der Waals surface area contributed by atoms with Gasteiger partial charge in [-0.1, -0.05) is 0 Å². The third-order valence-corrected chi connectivity index (χ3v) is 2.20. The lowest BCUT2D eigenvalue weighted by Gasteiger charge is -2.22. The number of amides is 2. The minimum Gasteiger partial charge on any atom is -0.288 e. The Labute approximate surface area is 95.4 Å². The second kappa shape index (κ2) is 5.39. The van der Waals surface area contributed by atoms with Gasteiger partial charge in [-0.2, -0.15) is 0 Å². The van der Waals surface area contributed by atoms with Gasteiger partial charge in [0.25, 0.3) is 0 Å². The van der Waals surface area contributed by atoms with Gasteiger partial charge >= 0.3 is 6.03 Å². The summed E-state index contributed by atoms with van der Waals surface area (Å²) in [7, 11) is 4.92. The summed E-state index contributed by atoms with van der Waals surface area (Å²) in [5.41, 5.74) is 0.997. The summed E-state index contributed by atoms with van der Waals surface area (Å²) in [5.74, 6) is 0.463. The fourth-order valence-corrected chi connectivity index (χ4v) is 1.31. The lowest BCUT2D eigenvalue weighted by Crippen LogP contribution is -2.42. The van der Waals surface area contributed by atoms with E-state index >= 15 is 0 Å². The third-order valence-electron chi connectivity index (χ3n) is 2.20. The Morgan fingerprint density at radius 2 is 2.19 bits per heavy atom. The molecule has 6 heteroatoms. The molecule has 0 aromatic heterocycles. The summed E-state index contributed by atoms with van der Waals surface area (Å²) in [4.78, 5) is 26.9. The van der Waals surface area contributed by atoms with E-state index in [4.69, 9.17) is 0 Å². The molecule has 0 N–H and O–H groups in total. The van der Waals surface area contributed by atoms with Crippen LogP contribution in [0.2, 0.25) is 0 Å². The van der Waals surface area contributed by atoms with E-state index in [0.717, 1.165) is 12.1 Å². The molecule has 0 atom stereocenters. The fraction of sp³-hybridized carbons (Fsp3) is 0.600. The van der Waals surface area contributed by atoms with Crippen molar-refractivity contribution in [3.8, 4) is 0 Å². The van der Waals surface area contributed by atoms with Gasteiger partial charge in [0.05, 0.1) is 6.34 Å². The molecule has 1 heterocycles. The van der Waals surface area contributed by atoms with Gasteiger partial charge in [0, 0.05) is 39.8 Å². The smallest absolute Gasteiger partial charge is 0.288 e. The van der Waals surface area contributed by atoms with Crippen molar-refractivity contribution in [3.63, 3.8) is 0 Å². The van der Waals surface area contributed by atoms with Gasteiger partial charge in [-0.15, -0.1) is 0 Å². The van der Waals surface area contributed by atoms with Gasteiger partial charge in [0.15, 0.2) is 0 Å². The number of hydrogen-bond donors (Lipinski definition) is 0. The Kier molecular flexibility index (Phi) is 4.16. The summed E-state index contributed by atoms with van der Waals surface area (Å²) in [6, 6.07) is -0.206. The van der Waals surface area contributed by atoms with E-state index in [0.29, 0.717) is 12.5 Å². The first-order chi connectivity index (χ1) is 7.56. The maximum absolute atomic E-state index is 11.8. The molecule has 16 heavy (non-hydrogen) atoms. The number of carbonyl (C=O) groups is 1. The maximum Gasteiger partial charge on any atom is 0.331 e. The average Bonchev–Trinajstić information content (AvgIpc) is 2.27. The molecule has 0 aromatic carbocycles. The molecule has 0 radical (unpaired) electrons. The predicted octanol–water partition coefficient (Wildman–Crippen LogP) is 0.849. The van der Waals surface area contributed by atoms with Gasteiger partial charge in [-0.05, 0) is 6.92 Å². The standard InChI is InChI=1S/C10H17N5O/c1-8-5-6-12-9(13-8)15(4)10(16)14(3)7-11-2/h7H,5-6H2,1-4H3. The van der Waals surface area contributed by atoms with Crippen molar-refractivity contribution in [2.24, 2.45) is 15.0 Å². The lowest BCUT2D eigenvalue weighted by atomic mass is 10.3.